The average Bonchev–Trinajstić information content (AvgIpc) is 2.88. The standard InChI is InChI=1S/C13H9ClN2O4/c14-10-6-9(16(17)18)2-3-11(10)15-8-1-4-12-13(5-8)20-7-19-12/h1-6,15H,7H2. The van der Waals surface area contributed by atoms with Crippen LogP contribution in [0.3, 0.4) is 0 Å². The van der Waals surface area contributed by atoms with Gasteiger partial charge in [-0.15, -0.1) is 0 Å². The molecule has 0 saturated heterocycles. The maximum Gasteiger partial charge on any atom is 0.271 e. The highest BCUT2D eigenvalue weighted by Crippen LogP contribution is 2.36. The van der Waals surface area contributed by atoms with Crippen molar-refractivity contribution in [3.8, 4) is 11.5 Å². The number of benzene rings is 2. The molecule has 1 aliphatic heterocycles. The van der Waals surface area contributed by atoms with Crippen LogP contribution in [0.1, 0.15) is 0 Å². The molecule has 0 spiro atoms. The lowest BCUT2D eigenvalue weighted by Crippen LogP contribution is -1.94. The third-order valence-electron chi connectivity index (χ3n) is 2.82. The number of non-ortho nitro benzene ring substituents is 1. The minimum Gasteiger partial charge on any atom is -0.454 e. The summed E-state index contributed by atoms with van der Waals surface area (Å²) in [7, 11) is 0. The molecule has 0 atom stereocenters. The molecule has 1 heterocycles. The van der Waals surface area contributed by atoms with Gasteiger partial charge in [0.15, 0.2) is 11.5 Å². The summed E-state index contributed by atoms with van der Waals surface area (Å²) in [6.45, 7) is 0.205. The predicted octanol–water partition coefficient (Wildman–Crippen LogP) is 3.72. The molecule has 102 valence electrons. The Morgan fingerprint density at radius 2 is 1.95 bits per heavy atom. The van der Waals surface area contributed by atoms with E-state index in [2.05, 4.69) is 5.32 Å². The van der Waals surface area contributed by atoms with E-state index in [9.17, 15) is 10.1 Å². The Balaban J connectivity index is 1.86. The number of rotatable bonds is 3. The van der Waals surface area contributed by atoms with Crippen LogP contribution in [0.4, 0.5) is 17.1 Å². The summed E-state index contributed by atoms with van der Waals surface area (Å²) in [5.74, 6) is 1.33. The van der Waals surface area contributed by atoms with Crippen molar-refractivity contribution in [1.82, 2.24) is 0 Å². The fourth-order valence-corrected chi connectivity index (χ4v) is 2.07. The van der Waals surface area contributed by atoms with Gasteiger partial charge < -0.3 is 14.8 Å². The lowest BCUT2D eigenvalue weighted by atomic mass is 10.2. The normalized spacial score (nSPS) is 12.2. The molecule has 0 bridgehead atoms. The SMILES string of the molecule is O=[N+]([O-])c1ccc(Nc2ccc3c(c2)OCO3)c(Cl)c1. The molecule has 0 saturated carbocycles. The van der Waals surface area contributed by atoms with E-state index < -0.39 is 4.92 Å². The largest absolute Gasteiger partial charge is 0.454 e. The second-order valence-electron chi connectivity index (χ2n) is 4.11. The average molecular weight is 293 g/mol. The summed E-state index contributed by atoms with van der Waals surface area (Å²) in [5.41, 5.74) is 1.28. The van der Waals surface area contributed by atoms with Gasteiger partial charge in [-0.05, 0) is 18.2 Å². The summed E-state index contributed by atoms with van der Waals surface area (Å²) >= 11 is 6.02. The van der Waals surface area contributed by atoms with Gasteiger partial charge in [0.1, 0.15) is 0 Å². The zero-order valence-electron chi connectivity index (χ0n) is 10.1. The van der Waals surface area contributed by atoms with Crippen LogP contribution >= 0.6 is 11.6 Å². The van der Waals surface area contributed by atoms with E-state index >= 15 is 0 Å². The first-order valence-corrected chi connectivity index (χ1v) is 6.12. The van der Waals surface area contributed by atoms with E-state index in [-0.39, 0.29) is 17.5 Å². The van der Waals surface area contributed by atoms with E-state index in [0.717, 1.165) is 5.69 Å². The van der Waals surface area contributed by atoms with E-state index in [1.165, 1.54) is 12.1 Å². The number of nitrogens with one attached hydrogen (secondary N) is 1. The Bertz CT molecular complexity index is 690. The number of nitrogens with zero attached hydrogens (tertiary/aromatic N) is 1. The molecule has 0 amide bonds. The number of halogens is 1. The molecule has 0 fully saturated rings. The van der Waals surface area contributed by atoms with E-state index in [4.69, 9.17) is 21.1 Å². The van der Waals surface area contributed by atoms with Gasteiger partial charge in [0.2, 0.25) is 6.79 Å². The summed E-state index contributed by atoms with van der Waals surface area (Å²) in [4.78, 5) is 10.2. The topological polar surface area (TPSA) is 73.6 Å². The first kappa shape index (κ1) is 12.6. The van der Waals surface area contributed by atoms with Gasteiger partial charge in [0.05, 0.1) is 15.6 Å². The highest BCUT2D eigenvalue weighted by atomic mass is 35.5. The Morgan fingerprint density at radius 1 is 1.15 bits per heavy atom. The molecule has 0 radical (unpaired) electrons. The second-order valence-corrected chi connectivity index (χ2v) is 4.52. The van der Waals surface area contributed by atoms with Crippen LogP contribution in [-0.2, 0) is 0 Å². The second kappa shape index (κ2) is 4.90. The number of hydrogen-bond donors (Lipinski definition) is 1. The molecule has 2 aromatic rings. The van der Waals surface area contributed by atoms with Crippen LogP contribution in [0.2, 0.25) is 5.02 Å². The lowest BCUT2D eigenvalue weighted by molar-refractivity contribution is -0.384. The molecule has 20 heavy (non-hydrogen) atoms. The van der Waals surface area contributed by atoms with Crippen LogP contribution in [-0.4, -0.2) is 11.7 Å². The fraction of sp³-hybridized carbons (Fsp3) is 0.0769. The van der Waals surface area contributed by atoms with Crippen LogP contribution in [0.15, 0.2) is 36.4 Å². The van der Waals surface area contributed by atoms with Gasteiger partial charge in [-0.25, -0.2) is 0 Å². The number of hydrogen-bond acceptors (Lipinski definition) is 5. The molecule has 0 aromatic heterocycles. The highest BCUT2D eigenvalue weighted by Gasteiger charge is 2.14. The number of fused-ring (bicyclic) bond motifs is 1. The Kier molecular flexibility index (Phi) is 3.08. The van der Waals surface area contributed by atoms with Gasteiger partial charge in [-0.3, -0.25) is 10.1 Å². The highest BCUT2D eigenvalue weighted by molar-refractivity contribution is 6.33. The van der Waals surface area contributed by atoms with Crippen molar-refractivity contribution in [3.63, 3.8) is 0 Å². The van der Waals surface area contributed by atoms with Crippen LogP contribution in [0.25, 0.3) is 0 Å². The quantitative estimate of drug-likeness (QED) is 0.689. The molecule has 1 aliphatic rings. The van der Waals surface area contributed by atoms with Crippen molar-refractivity contribution in [1.29, 1.82) is 0 Å². The van der Waals surface area contributed by atoms with Gasteiger partial charge in [-0.2, -0.15) is 0 Å². The number of ether oxygens (including phenoxy) is 2. The Hall–Kier alpha value is -2.47. The van der Waals surface area contributed by atoms with Crippen LogP contribution in [0, 0.1) is 10.1 Å². The lowest BCUT2D eigenvalue weighted by Gasteiger charge is -2.08. The van der Waals surface area contributed by atoms with Crippen molar-refractivity contribution >= 4 is 28.7 Å². The summed E-state index contributed by atoms with van der Waals surface area (Å²) in [6, 6.07) is 9.62. The monoisotopic (exact) mass is 292 g/mol. The maximum absolute atomic E-state index is 10.6. The first-order chi connectivity index (χ1) is 9.63. The summed E-state index contributed by atoms with van der Waals surface area (Å²) < 4.78 is 10.5. The smallest absolute Gasteiger partial charge is 0.271 e. The van der Waals surface area contributed by atoms with Crippen molar-refractivity contribution in [2.24, 2.45) is 0 Å². The molecular formula is C13H9ClN2O4. The molecule has 3 rings (SSSR count). The zero-order chi connectivity index (χ0) is 14.1. The molecule has 1 N–H and O–H groups in total. The summed E-state index contributed by atoms with van der Waals surface area (Å²) in [5, 5.41) is 14.0. The number of nitro groups is 1. The Labute approximate surface area is 119 Å². The molecule has 2 aromatic carbocycles. The zero-order valence-corrected chi connectivity index (χ0v) is 10.9. The van der Waals surface area contributed by atoms with Crippen molar-refractivity contribution in [3.05, 3.63) is 51.5 Å². The van der Waals surface area contributed by atoms with E-state index in [1.807, 2.05) is 6.07 Å². The van der Waals surface area contributed by atoms with Gasteiger partial charge in [0.25, 0.3) is 5.69 Å². The van der Waals surface area contributed by atoms with Crippen LogP contribution < -0.4 is 14.8 Å². The van der Waals surface area contributed by atoms with Gasteiger partial charge in [-0.1, -0.05) is 11.6 Å². The van der Waals surface area contributed by atoms with E-state index in [1.54, 1.807) is 18.2 Å². The Morgan fingerprint density at radius 3 is 2.70 bits per heavy atom. The third kappa shape index (κ3) is 2.33. The first-order valence-electron chi connectivity index (χ1n) is 5.74. The van der Waals surface area contributed by atoms with Crippen molar-refractivity contribution in [2.45, 2.75) is 0 Å². The number of anilines is 2. The van der Waals surface area contributed by atoms with Gasteiger partial charge >= 0.3 is 0 Å². The van der Waals surface area contributed by atoms with E-state index in [0.29, 0.717) is 17.2 Å². The molecule has 0 aliphatic carbocycles. The molecule has 0 unspecified atom stereocenters. The fourth-order valence-electron chi connectivity index (χ4n) is 1.85. The van der Waals surface area contributed by atoms with Crippen LogP contribution in [0.5, 0.6) is 11.5 Å². The molecule has 7 heteroatoms. The van der Waals surface area contributed by atoms with Gasteiger partial charge in [0, 0.05) is 23.9 Å². The van der Waals surface area contributed by atoms with Crippen molar-refractivity contribution < 1.29 is 14.4 Å². The molecular weight excluding hydrogens is 284 g/mol. The molecule has 6 nitrogen and oxygen atoms in total. The summed E-state index contributed by atoms with van der Waals surface area (Å²) in [6.07, 6.45) is 0. The predicted molar refractivity (Wildman–Crippen MR) is 74.0 cm³/mol. The van der Waals surface area contributed by atoms with Crippen molar-refractivity contribution in [2.75, 3.05) is 12.1 Å². The minimum atomic E-state index is -0.490. The maximum atomic E-state index is 10.6. The third-order valence-corrected chi connectivity index (χ3v) is 3.13. The number of nitro benzene ring substituents is 1. The minimum absolute atomic E-state index is 0.0498.